The van der Waals surface area contributed by atoms with E-state index in [1.165, 1.54) is 63.5 Å². The molecule has 0 unspecified atom stereocenters. The van der Waals surface area contributed by atoms with Gasteiger partial charge in [0.2, 0.25) is 0 Å². The third-order valence-corrected chi connectivity index (χ3v) is 11.2. The summed E-state index contributed by atoms with van der Waals surface area (Å²) < 4.78 is 5.06. The molecule has 0 N–H and O–H groups in total. The summed E-state index contributed by atoms with van der Waals surface area (Å²) in [7, 11) is 0. The number of thiophene rings is 1. The largest absolute Gasteiger partial charge is 0.308 e. The zero-order valence-electron chi connectivity index (χ0n) is 26.7. The fourth-order valence-electron chi connectivity index (χ4n) is 7.80. The van der Waals surface area contributed by atoms with Crippen molar-refractivity contribution in [2.45, 2.75) is 0 Å². The van der Waals surface area contributed by atoms with E-state index in [4.69, 9.17) is 9.97 Å². The van der Waals surface area contributed by atoms with Gasteiger partial charge in [-0.2, -0.15) is 0 Å². The topological polar surface area (TPSA) is 43.6 Å². The maximum Gasteiger partial charge on any atom is 0.163 e. The van der Waals surface area contributed by atoms with Crippen molar-refractivity contribution in [3.8, 4) is 28.3 Å². The van der Waals surface area contributed by atoms with Crippen LogP contribution in [0.4, 0.5) is 0 Å². The van der Waals surface area contributed by atoms with E-state index in [-0.39, 0.29) is 0 Å². The lowest BCUT2D eigenvalue weighted by Crippen LogP contribution is -1.98. The molecule has 11 aromatic rings. The summed E-state index contributed by atoms with van der Waals surface area (Å²) in [5.74, 6) is 0.658. The first kappa shape index (κ1) is 27.5. The molecule has 0 saturated heterocycles. The van der Waals surface area contributed by atoms with E-state index in [1.54, 1.807) is 6.20 Å². The van der Waals surface area contributed by atoms with Gasteiger partial charge in [-0.25, -0.2) is 15.0 Å². The van der Waals surface area contributed by atoms with E-state index in [9.17, 15) is 0 Å². The van der Waals surface area contributed by atoms with Gasteiger partial charge >= 0.3 is 0 Å². The maximum atomic E-state index is 5.18. The Morgan fingerprint density at radius 2 is 1.18 bits per heavy atom. The van der Waals surface area contributed by atoms with E-state index < -0.39 is 0 Å². The third-order valence-electron chi connectivity index (χ3n) is 10.0. The number of benzene rings is 7. The SMILES string of the molecule is c1ccc2cc(-c3nc(-c4ccc(-n5c6ccccc6c6c7ccccc7c7c8ccccc8sc7c65)cc4)nc4ncccc34)ccc2c1. The van der Waals surface area contributed by atoms with Gasteiger partial charge in [-0.1, -0.05) is 97.1 Å². The van der Waals surface area contributed by atoms with Crippen LogP contribution in [-0.2, 0) is 0 Å². The Hall–Kier alpha value is -6.43. The molecule has 5 heteroatoms. The van der Waals surface area contributed by atoms with Crippen LogP contribution in [0.25, 0.3) is 103 Å². The van der Waals surface area contributed by atoms with Crippen LogP contribution < -0.4 is 0 Å². The second-order valence-electron chi connectivity index (χ2n) is 12.8. The Morgan fingerprint density at radius 3 is 2.04 bits per heavy atom. The van der Waals surface area contributed by atoms with Crippen molar-refractivity contribution in [2.24, 2.45) is 0 Å². The van der Waals surface area contributed by atoms with Gasteiger partial charge in [-0.05, 0) is 76.1 Å². The zero-order chi connectivity index (χ0) is 32.8. The van der Waals surface area contributed by atoms with Crippen LogP contribution in [0.2, 0.25) is 0 Å². The van der Waals surface area contributed by atoms with Gasteiger partial charge in [-0.15, -0.1) is 11.3 Å². The van der Waals surface area contributed by atoms with E-state index in [0.29, 0.717) is 11.5 Å². The first-order valence-corrected chi connectivity index (χ1v) is 17.6. The van der Waals surface area contributed by atoms with Gasteiger partial charge in [0.1, 0.15) is 0 Å². The van der Waals surface area contributed by atoms with Crippen molar-refractivity contribution in [1.29, 1.82) is 0 Å². The number of para-hydroxylation sites is 1. The maximum absolute atomic E-state index is 5.18. The highest BCUT2D eigenvalue weighted by Crippen LogP contribution is 2.47. The molecule has 4 nitrogen and oxygen atoms in total. The average Bonchev–Trinajstić information content (AvgIpc) is 3.74. The predicted octanol–water partition coefficient (Wildman–Crippen LogP) is 12.1. The lowest BCUT2D eigenvalue weighted by Gasteiger charge is -2.12. The Balaban J connectivity index is 1.14. The first-order valence-electron chi connectivity index (χ1n) is 16.8. The predicted molar refractivity (Wildman–Crippen MR) is 210 cm³/mol. The van der Waals surface area contributed by atoms with E-state index >= 15 is 0 Å². The number of fused-ring (bicyclic) bond motifs is 12. The van der Waals surface area contributed by atoms with Gasteiger partial charge in [0, 0.05) is 54.6 Å². The molecule has 0 aliphatic heterocycles. The van der Waals surface area contributed by atoms with E-state index in [1.807, 2.05) is 17.4 Å². The van der Waals surface area contributed by atoms with Crippen LogP contribution in [-0.4, -0.2) is 19.5 Å². The molecule has 4 heterocycles. The Kier molecular flexibility index (Phi) is 5.80. The Labute approximate surface area is 290 Å². The summed E-state index contributed by atoms with van der Waals surface area (Å²) in [5.41, 5.74) is 7.10. The van der Waals surface area contributed by atoms with Crippen molar-refractivity contribution >= 4 is 85.9 Å². The molecule has 4 aromatic heterocycles. The Bertz CT molecular complexity index is 3150. The highest BCUT2D eigenvalue weighted by atomic mass is 32.1. The van der Waals surface area contributed by atoms with Crippen molar-refractivity contribution in [2.75, 3.05) is 0 Å². The molecule has 11 rings (SSSR count). The van der Waals surface area contributed by atoms with Crippen molar-refractivity contribution in [1.82, 2.24) is 19.5 Å². The molecular formula is C45H26N4S. The highest BCUT2D eigenvalue weighted by Gasteiger charge is 2.22. The molecular weight excluding hydrogens is 629 g/mol. The van der Waals surface area contributed by atoms with Crippen LogP contribution in [0.15, 0.2) is 158 Å². The summed E-state index contributed by atoms with van der Waals surface area (Å²) in [5, 5.41) is 11.1. The number of hydrogen-bond donors (Lipinski definition) is 0. The average molecular weight is 655 g/mol. The van der Waals surface area contributed by atoms with Crippen LogP contribution in [0.5, 0.6) is 0 Å². The summed E-state index contributed by atoms with van der Waals surface area (Å²) in [4.78, 5) is 14.8. The van der Waals surface area contributed by atoms with E-state index in [0.717, 1.165) is 27.9 Å². The molecule has 0 fully saturated rings. The quantitative estimate of drug-likeness (QED) is 0.190. The smallest absolute Gasteiger partial charge is 0.163 e. The molecule has 0 aliphatic rings. The zero-order valence-corrected chi connectivity index (χ0v) is 27.5. The normalized spacial score (nSPS) is 12.0. The summed E-state index contributed by atoms with van der Waals surface area (Å²) in [6, 6.07) is 54.1. The van der Waals surface area contributed by atoms with Gasteiger partial charge in [-0.3, -0.25) is 0 Å². The van der Waals surface area contributed by atoms with Crippen LogP contribution in [0.1, 0.15) is 0 Å². The number of pyridine rings is 1. The fraction of sp³-hybridized carbons (Fsp3) is 0. The molecule has 0 bridgehead atoms. The van der Waals surface area contributed by atoms with Crippen LogP contribution >= 0.6 is 11.3 Å². The Morgan fingerprint density at radius 1 is 0.500 bits per heavy atom. The van der Waals surface area contributed by atoms with E-state index in [2.05, 4.69) is 155 Å². The van der Waals surface area contributed by atoms with Gasteiger partial charge in [0.15, 0.2) is 11.5 Å². The van der Waals surface area contributed by atoms with Gasteiger partial charge < -0.3 is 4.57 Å². The fourth-order valence-corrected chi connectivity index (χ4v) is 9.06. The van der Waals surface area contributed by atoms with Crippen LogP contribution in [0.3, 0.4) is 0 Å². The third kappa shape index (κ3) is 3.95. The molecule has 0 saturated carbocycles. The minimum atomic E-state index is 0.658. The van der Waals surface area contributed by atoms with Gasteiger partial charge in [0.05, 0.1) is 21.4 Å². The number of aromatic nitrogens is 4. The number of rotatable bonds is 3. The second kappa shape index (κ2) is 10.5. The lowest BCUT2D eigenvalue weighted by atomic mass is 9.99. The summed E-state index contributed by atoms with van der Waals surface area (Å²) in [6.07, 6.45) is 1.80. The molecule has 0 atom stereocenters. The number of nitrogens with zero attached hydrogens (tertiary/aromatic N) is 4. The molecule has 0 radical (unpaired) electrons. The first-order chi connectivity index (χ1) is 24.8. The summed E-state index contributed by atoms with van der Waals surface area (Å²) in [6.45, 7) is 0. The molecule has 232 valence electrons. The molecule has 50 heavy (non-hydrogen) atoms. The van der Waals surface area contributed by atoms with Crippen molar-refractivity contribution in [3.05, 3.63) is 158 Å². The molecule has 0 amide bonds. The monoisotopic (exact) mass is 654 g/mol. The minimum Gasteiger partial charge on any atom is -0.308 e. The standard InChI is InChI=1S/C45H26N4S/c1-2-11-29-26-30(20-19-27(29)10-1)41-36-16-9-25-46-45(36)48-44(47-41)28-21-23-31(24-22-28)49-37-17-7-5-14-34(37)39-32-12-3-4-13-33(32)40-35-15-6-8-18-38(35)50-43(40)42(39)49/h1-26H. The summed E-state index contributed by atoms with van der Waals surface area (Å²) >= 11 is 1.88. The van der Waals surface area contributed by atoms with Crippen LogP contribution in [0, 0.1) is 0 Å². The molecule has 0 aliphatic carbocycles. The minimum absolute atomic E-state index is 0.658. The second-order valence-corrected chi connectivity index (χ2v) is 13.9. The van der Waals surface area contributed by atoms with Crippen molar-refractivity contribution < 1.29 is 0 Å². The molecule has 0 spiro atoms. The lowest BCUT2D eigenvalue weighted by molar-refractivity contribution is 1.17. The highest BCUT2D eigenvalue weighted by molar-refractivity contribution is 7.27. The molecule has 7 aromatic carbocycles. The number of hydrogen-bond acceptors (Lipinski definition) is 4. The van der Waals surface area contributed by atoms with Crippen molar-refractivity contribution in [3.63, 3.8) is 0 Å². The van der Waals surface area contributed by atoms with Gasteiger partial charge in [0.25, 0.3) is 0 Å².